The van der Waals surface area contributed by atoms with E-state index in [2.05, 4.69) is 9.88 Å². The van der Waals surface area contributed by atoms with Crippen LogP contribution >= 0.6 is 0 Å². The van der Waals surface area contributed by atoms with Crippen molar-refractivity contribution >= 4 is 5.69 Å². The lowest BCUT2D eigenvalue weighted by molar-refractivity contribution is 0.482. The van der Waals surface area contributed by atoms with Crippen molar-refractivity contribution in [2.45, 2.75) is 20.0 Å². The zero-order valence-corrected chi connectivity index (χ0v) is 10.2. The van der Waals surface area contributed by atoms with Crippen molar-refractivity contribution in [3.8, 4) is 0 Å². The molecular formula is C13H17N3O. The van der Waals surface area contributed by atoms with Gasteiger partial charge >= 0.3 is 0 Å². The van der Waals surface area contributed by atoms with Crippen LogP contribution < -0.4 is 10.6 Å². The summed E-state index contributed by atoms with van der Waals surface area (Å²) in [6.45, 7) is 3.14. The van der Waals surface area contributed by atoms with Crippen LogP contribution in [0.5, 0.6) is 0 Å². The highest BCUT2D eigenvalue weighted by Gasteiger charge is 2.05. The van der Waals surface area contributed by atoms with Crippen LogP contribution in [0, 0.1) is 6.92 Å². The van der Waals surface area contributed by atoms with E-state index in [1.165, 1.54) is 0 Å². The molecule has 0 bridgehead atoms. The van der Waals surface area contributed by atoms with E-state index < -0.39 is 0 Å². The van der Waals surface area contributed by atoms with E-state index in [0.717, 1.165) is 29.4 Å². The van der Waals surface area contributed by atoms with Crippen LogP contribution in [0.25, 0.3) is 0 Å². The Morgan fingerprint density at radius 1 is 1.35 bits per heavy atom. The second kappa shape index (κ2) is 5.01. The average molecular weight is 231 g/mol. The topological polar surface area (TPSA) is 55.3 Å². The molecule has 2 rings (SSSR count). The molecule has 2 aromatic rings. The first-order valence-corrected chi connectivity index (χ1v) is 5.60. The van der Waals surface area contributed by atoms with Crippen molar-refractivity contribution < 1.29 is 4.42 Å². The van der Waals surface area contributed by atoms with Gasteiger partial charge in [0.25, 0.3) is 0 Å². The van der Waals surface area contributed by atoms with E-state index in [0.29, 0.717) is 6.54 Å². The first-order chi connectivity index (χ1) is 8.19. The molecule has 2 aromatic heterocycles. The molecule has 0 saturated carbocycles. The number of hydrogen-bond donors (Lipinski definition) is 1. The summed E-state index contributed by atoms with van der Waals surface area (Å²) in [5.74, 6) is 1.89. The number of rotatable bonds is 4. The summed E-state index contributed by atoms with van der Waals surface area (Å²) in [4.78, 5) is 6.29. The summed E-state index contributed by atoms with van der Waals surface area (Å²) < 4.78 is 5.55. The van der Waals surface area contributed by atoms with Gasteiger partial charge in [0.05, 0.1) is 12.2 Å². The van der Waals surface area contributed by atoms with E-state index in [4.69, 9.17) is 10.2 Å². The maximum absolute atomic E-state index is 5.58. The Kier molecular flexibility index (Phi) is 3.44. The Hall–Kier alpha value is -1.81. The number of furan rings is 1. The Morgan fingerprint density at radius 2 is 2.18 bits per heavy atom. The van der Waals surface area contributed by atoms with Crippen molar-refractivity contribution in [2.75, 3.05) is 11.9 Å². The SMILES string of the molecule is Cc1ccc(CN(C)c2ccnc(CN)c2)o1. The zero-order valence-electron chi connectivity index (χ0n) is 10.2. The largest absolute Gasteiger partial charge is 0.464 e. The number of pyridine rings is 1. The molecule has 4 nitrogen and oxygen atoms in total. The third-order valence-electron chi connectivity index (χ3n) is 2.64. The first kappa shape index (κ1) is 11.7. The predicted octanol–water partition coefficient (Wildman–Crippen LogP) is 2.08. The molecule has 0 radical (unpaired) electrons. The minimum absolute atomic E-state index is 0.460. The molecule has 2 heterocycles. The highest BCUT2D eigenvalue weighted by molar-refractivity contribution is 5.45. The second-order valence-corrected chi connectivity index (χ2v) is 4.08. The van der Waals surface area contributed by atoms with Crippen LogP contribution in [0.3, 0.4) is 0 Å². The molecular weight excluding hydrogens is 214 g/mol. The van der Waals surface area contributed by atoms with Gasteiger partial charge in [-0.2, -0.15) is 0 Å². The van der Waals surface area contributed by atoms with Crippen LogP contribution in [-0.2, 0) is 13.1 Å². The van der Waals surface area contributed by atoms with Gasteiger partial charge in [0.2, 0.25) is 0 Å². The summed E-state index contributed by atoms with van der Waals surface area (Å²) in [5.41, 5.74) is 7.56. The van der Waals surface area contributed by atoms with E-state index in [1.807, 2.05) is 38.2 Å². The monoisotopic (exact) mass is 231 g/mol. The first-order valence-electron chi connectivity index (χ1n) is 5.60. The van der Waals surface area contributed by atoms with Gasteiger partial charge in [-0.25, -0.2) is 0 Å². The van der Waals surface area contributed by atoms with Gasteiger partial charge in [0.15, 0.2) is 0 Å². The minimum atomic E-state index is 0.460. The molecule has 0 saturated heterocycles. The summed E-state index contributed by atoms with van der Waals surface area (Å²) in [6.07, 6.45) is 1.78. The van der Waals surface area contributed by atoms with Gasteiger partial charge in [-0.3, -0.25) is 4.98 Å². The number of aryl methyl sites for hydroxylation is 1. The van der Waals surface area contributed by atoms with E-state index in [1.54, 1.807) is 6.20 Å². The molecule has 90 valence electrons. The highest BCUT2D eigenvalue weighted by Crippen LogP contribution is 2.16. The maximum Gasteiger partial charge on any atom is 0.123 e. The number of nitrogens with two attached hydrogens (primary N) is 1. The smallest absolute Gasteiger partial charge is 0.123 e. The standard InChI is InChI=1S/C13H17N3O/c1-10-3-4-13(17-10)9-16(2)12-5-6-15-11(7-12)8-14/h3-7H,8-9,14H2,1-2H3. The highest BCUT2D eigenvalue weighted by atomic mass is 16.3. The van der Waals surface area contributed by atoms with Crippen LogP contribution in [0.15, 0.2) is 34.9 Å². The number of hydrogen-bond acceptors (Lipinski definition) is 4. The Balaban J connectivity index is 2.11. The molecule has 0 spiro atoms. The molecule has 0 amide bonds. The number of aromatic nitrogens is 1. The third-order valence-corrected chi connectivity index (χ3v) is 2.64. The lowest BCUT2D eigenvalue weighted by Crippen LogP contribution is -2.16. The Labute approximate surface area is 101 Å². The molecule has 17 heavy (non-hydrogen) atoms. The van der Waals surface area contributed by atoms with E-state index in [-0.39, 0.29) is 0 Å². The number of anilines is 1. The second-order valence-electron chi connectivity index (χ2n) is 4.08. The fourth-order valence-electron chi connectivity index (χ4n) is 1.71. The van der Waals surface area contributed by atoms with Crippen molar-refractivity contribution in [2.24, 2.45) is 5.73 Å². The van der Waals surface area contributed by atoms with Gasteiger partial charge < -0.3 is 15.1 Å². The molecule has 0 aliphatic carbocycles. The van der Waals surface area contributed by atoms with Crippen molar-refractivity contribution in [1.82, 2.24) is 4.98 Å². The normalized spacial score (nSPS) is 10.5. The maximum atomic E-state index is 5.58. The van der Waals surface area contributed by atoms with Gasteiger partial charge in [0.1, 0.15) is 11.5 Å². The average Bonchev–Trinajstić information content (AvgIpc) is 2.75. The van der Waals surface area contributed by atoms with Crippen molar-refractivity contribution in [3.63, 3.8) is 0 Å². The number of nitrogens with zero attached hydrogens (tertiary/aromatic N) is 2. The summed E-state index contributed by atoms with van der Waals surface area (Å²) in [6, 6.07) is 7.93. The van der Waals surface area contributed by atoms with Crippen molar-refractivity contribution in [3.05, 3.63) is 47.7 Å². The Bertz CT molecular complexity index is 493. The summed E-state index contributed by atoms with van der Waals surface area (Å²) in [5, 5.41) is 0. The molecule has 4 heteroatoms. The van der Waals surface area contributed by atoms with Gasteiger partial charge in [-0.15, -0.1) is 0 Å². The Morgan fingerprint density at radius 3 is 2.82 bits per heavy atom. The van der Waals surface area contributed by atoms with Crippen molar-refractivity contribution in [1.29, 1.82) is 0 Å². The van der Waals surface area contributed by atoms with E-state index >= 15 is 0 Å². The molecule has 0 aliphatic heterocycles. The minimum Gasteiger partial charge on any atom is -0.464 e. The fourth-order valence-corrected chi connectivity index (χ4v) is 1.71. The van der Waals surface area contributed by atoms with Crippen LogP contribution in [0.1, 0.15) is 17.2 Å². The summed E-state index contributed by atoms with van der Waals surface area (Å²) >= 11 is 0. The molecule has 0 atom stereocenters. The molecule has 0 aromatic carbocycles. The fraction of sp³-hybridized carbons (Fsp3) is 0.308. The molecule has 2 N–H and O–H groups in total. The lowest BCUT2D eigenvalue weighted by Gasteiger charge is -2.18. The third kappa shape index (κ3) is 2.85. The van der Waals surface area contributed by atoms with Gasteiger partial charge in [0, 0.05) is 25.5 Å². The van der Waals surface area contributed by atoms with Gasteiger partial charge in [-0.05, 0) is 31.2 Å². The zero-order chi connectivity index (χ0) is 12.3. The lowest BCUT2D eigenvalue weighted by atomic mass is 10.3. The van der Waals surface area contributed by atoms with Crippen LogP contribution in [0.2, 0.25) is 0 Å². The quantitative estimate of drug-likeness (QED) is 0.875. The van der Waals surface area contributed by atoms with Crippen LogP contribution in [0.4, 0.5) is 5.69 Å². The molecule has 0 fully saturated rings. The molecule has 0 unspecified atom stereocenters. The summed E-state index contributed by atoms with van der Waals surface area (Å²) in [7, 11) is 2.02. The van der Waals surface area contributed by atoms with Crippen LogP contribution in [-0.4, -0.2) is 12.0 Å². The van der Waals surface area contributed by atoms with E-state index in [9.17, 15) is 0 Å². The van der Waals surface area contributed by atoms with Gasteiger partial charge in [-0.1, -0.05) is 0 Å². The molecule has 0 aliphatic rings. The predicted molar refractivity (Wildman–Crippen MR) is 67.7 cm³/mol.